The van der Waals surface area contributed by atoms with Gasteiger partial charge in [-0.2, -0.15) is 0 Å². The molecule has 0 aliphatic carbocycles. The van der Waals surface area contributed by atoms with Gasteiger partial charge in [0, 0.05) is 17.9 Å². The van der Waals surface area contributed by atoms with Gasteiger partial charge in [0.05, 0.1) is 16.8 Å². The summed E-state index contributed by atoms with van der Waals surface area (Å²) in [6.45, 7) is 2.82. The van der Waals surface area contributed by atoms with E-state index in [1.807, 2.05) is 7.05 Å². The number of thiazole rings is 1. The summed E-state index contributed by atoms with van der Waals surface area (Å²) in [5, 5.41) is 4.51. The Balaban J connectivity index is 1.81. The lowest BCUT2D eigenvalue weighted by Gasteiger charge is -2.06. The molecule has 1 unspecified atom stereocenters. The minimum atomic E-state index is -0.411. The topological polar surface area (TPSA) is 63.6 Å². The molecule has 2 heterocycles. The number of ether oxygens (including phenoxy) is 1. The molecule has 5 nitrogen and oxygen atoms in total. The lowest BCUT2D eigenvalue weighted by molar-refractivity contribution is -0.117. The smallest absolute Gasteiger partial charge is 0.167 e. The Morgan fingerprint density at radius 3 is 3.04 bits per heavy atom. The van der Waals surface area contributed by atoms with Crippen LogP contribution in [0, 0.1) is 5.82 Å². The monoisotopic (exact) mass is 367 g/mol. The number of carbonyl (C=O) groups excluding carboxylic acids is 1. The molecular weight excluding hydrogens is 349 g/mol. The summed E-state index contributed by atoms with van der Waals surface area (Å²) in [5.41, 5.74) is 0.588. The van der Waals surface area contributed by atoms with Crippen LogP contribution in [0.2, 0.25) is 0 Å². The van der Waals surface area contributed by atoms with Crippen molar-refractivity contribution >= 4 is 44.1 Å². The lowest BCUT2D eigenvalue weighted by atomic mass is 10.2. The minimum absolute atomic E-state index is 0.0573. The summed E-state index contributed by atoms with van der Waals surface area (Å²) in [6, 6.07) is 2.79. The van der Waals surface area contributed by atoms with E-state index in [-0.39, 0.29) is 17.6 Å². The molecular formula is C16H18FN3O2S2. The molecule has 128 valence electrons. The average Bonchev–Trinajstić information content (AvgIpc) is 3.17. The lowest BCUT2D eigenvalue weighted by Crippen LogP contribution is -2.14. The number of carbonyl (C=O) groups is 1. The molecule has 2 aromatic rings. The number of nitrogens with zero attached hydrogens (tertiary/aromatic N) is 2. The second-order valence-corrected chi connectivity index (χ2v) is 7.49. The zero-order chi connectivity index (χ0) is 17.1. The number of aromatic nitrogens is 1. The van der Waals surface area contributed by atoms with Crippen molar-refractivity contribution in [3.05, 3.63) is 23.0 Å². The Labute approximate surface area is 147 Å². The van der Waals surface area contributed by atoms with E-state index >= 15 is 0 Å². The molecule has 1 aromatic carbocycles. The maximum absolute atomic E-state index is 14.1. The van der Waals surface area contributed by atoms with Crippen molar-refractivity contribution < 1.29 is 13.9 Å². The van der Waals surface area contributed by atoms with Crippen LogP contribution in [0.25, 0.3) is 10.2 Å². The van der Waals surface area contributed by atoms with Crippen LogP contribution in [-0.2, 0) is 4.79 Å². The zero-order valence-corrected chi connectivity index (χ0v) is 15.1. The van der Waals surface area contributed by atoms with E-state index < -0.39 is 5.82 Å². The first-order valence-electron chi connectivity index (χ1n) is 7.67. The van der Waals surface area contributed by atoms with Gasteiger partial charge in [0.25, 0.3) is 0 Å². The molecule has 1 aliphatic rings. The average molecular weight is 367 g/mol. The Morgan fingerprint density at radius 2 is 2.33 bits per heavy atom. The summed E-state index contributed by atoms with van der Waals surface area (Å²) >= 11 is 2.96. The van der Waals surface area contributed by atoms with Gasteiger partial charge in [0.15, 0.2) is 17.3 Å². The Morgan fingerprint density at radius 1 is 1.50 bits per heavy atom. The van der Waals surface area contributed by atoms with Gasteiger partial charge < -0.3 is 10.1 Å². The van der Waals surface area contributed by atoms with Gasteiger partial charge in [-0.3, -0.25) is 9.79 Å². The van der Waals surface area contributed by atoms with E-state index in [1.165, 1.54) is 29.2 Å². The third-order valence-electron chi connectivity index (χ3n) is 3.57. The van der Waals surface area contributed by atoms with Crippen molar-refractivity contribution in [1.82, 2.24) is 10.3 Å². The van der Waals surface area contributed by atoms with E-state index in [9.17, 15) is 9.18 Å². The van der Waals surface area contributed by atoms with Gasteiger partial charge in [-0.25, -0.2) is 9.37 Å². The molecule has 0 fully saturated rings. The summed E-state index contributed by atoms with van der Waals surface area (Å²) in [7, 11) is 1.87. The molecule has 8 heteroatoms. The highest BCUT2D eigenvalue weighted by molar-refractivity contribution is 8.15. The van der Waals surface area contributed by atoms with Crippen molar-refractivity contribution in [2.75, 3.05) is 26.0 Å². The van der Waals surface area contributed by atoms with E-state index in [1.54, 1.807) is 13.0 Å². The van der Waals surface area contributed by atoms with Crippen LogP contribution in [0.3, 0.4) is 0 Å². The number of hydrogen-bond donors (Lipinski definition) is 1. The van der Waals surface area contributed by atoms with Crippen LogP contribution in [0.5, 0.6) is 5.75 Å². The highest BCUT2D eigenvalue weighted by Crippen LogP contribution is 2.33. The number of fused-ring (bicyclic) bond motifs is 1. The summed E-state index contributed by atoms with van der Waals surface area (Å²) in [4.78, 5) is 20.3. The normalized spacial score (nSPS) is 17.3. The van der Waals surface area contributed by atoms with E-state index in [0.717, 1.165) is 27.7 Å². The van der Waals surface area contributed by atoms with Crippen LogP contribution >= 0.6 is 23.1 Å². The molecule has 0 saturated carbocycles. The molecule has 1 atom stereocenters. The largest absolute Gasteiger partial charge is 0.490 e. The van der Waals surface area contributed by atoms with E-state index in [2.05, 4.69) is 15.3 Å². The fraction of sp³-hybridized carbons (Fsp3) is 0.438. The number of Topliss-reactive ketones (excluding diaryl/α,β-unsaturated/α-hetero) is 1. The molecule has 0 bridgehead atoms. The maximum atomic E-state index is 14.1. The Hall–Kier alpha value is -1.51. The third-order valence-corrected chi connectivity index (χ3v) is 5.78. The van der Waals surface area contributed by atoms with Gasteiger partial charge in [0.1, 0.15) is 16.1 Å². The van der Waals surface area contributed by atoms with E-state index in [4.69, 9.17) is 4.74 Å². The molecule has 24 heavy (non-hydrogen) atoms. The summed E-state index contributed by atoms with van der Waals surface area (Å²) in [5.74, 6) is 0.541. The molecule has 0 saturated heterocycles. The van der Waals surface area contributed by atoms with Crippen molar-refractivity contribution in [2.45, 2.75) is 19.4 Å². The number of hydrogen-bond acceptors (Lipinski definition) is 7. The first-order chi connectivity index (χ1) is 11.6. The van der Waals surface area contributed by atoms with Crippen molar-refractivity contribution in [1.29, 1.82) is 0 Å². The van der Waals surface area contributed by atoms with Gasteiger partial charge >= 0.3 is 0 Å². The summed E-state index contributed by atoms with van der Waals surface area (Å²) < 4.78 is 20.5. The fourth-order valence-electron chi connectivity index (χ4n) is 2.26. The molecule has 0 radical (unpaired) electrons. The van der Waals surface area contributed by atoms with Gasteiger partial charge in [-0.15, -0.1) is 23.1 Å². The van der Waals surface area contributed by atoms with Crippen LogP contribution in [-0.4, -0.2) is 47.8 Å². The zero-order valence-electron chi connectivity index (χ0n) is 13.5. The Kier molecular flexibility index (Phi) is 5.47. The first kappa shape index (κ1) is 17.3. The highest BCUT2D eigenvalue weighted by Gasteiger charge is 2.25. The second kappa shape index (κ2) is 7.58. The number of halogens is 1. The first-order valence-corrected chi connectivity index (χ1v) is 9.47. The molecule has 1 aliphatic heterocycles. The van der Waals surface area contributed by atoms with Crippen LogP contribution < -0.4 is 10.1 Å². The maximum Gasteiger partial charge on any atom is 0.167 e. The summed E-state index contributed by atoms with van der Waals surface area (Å²) in [6.07, 6.45) is 0.807. The third kappa shape index (κ3) is 3.76. The van der Waals surface area contributed by atoms with Crippen molar-refractivity contribution in [3.63, 3.8) is 0 Å². The molecule has 1 aromatic heterocycles. The molecule has 1 N–H and O–H groups in total. The molecule has 0 amide bonds. The van der Waals surface area contributed by atoms with Crippen LogP contribution in [0.4, 0.5) is 4.39 Å². The van der Waals surface area contributed by atoms with Gasteiger partial charge in [-0.05, 0) is 26.9 Å². The number of rotatable bonds is 7. The predicted octanol–water partition coefficient (Wildman–Crippen LogP) is 2.87. The van der Waals surface area contributed by atoms with Crippen molar-refractivity contribution in [3.8, 4) is 5.75 Å². The number of benzene rings is 1. The quantitative estimate of drug-likeness (QED) is 0.763. The highest BCUT2D eigenvalue weighted by atomic mass is 32.2. The fourth-order valence-corrected chi connectivity index (χ4v) is 4.43. The number of aliphatic imine (C=N–C) groups is 1. The van der Waals surface area contributed by atoms with Crippen LogP contribution in [0.1, 0.15) is 18.4 Å². The van der Waals surface area contributed by atoms with E-state index in [0.29, 0.717) is 17.9 Å². The van der Waals surface area contributed by atoms with Crippen LogP contribution in [0.15, 0.2) is 17.1 Å². The minimum Gasteiger partial charge on any atom is -0.490 e. The second-order valence-electron chi connectivity index (χ2n) is 5.45. The Bertz CT molecular complexity index is 791. The number of nitrogens with one attached hydrogen (secondary N) is 1. The van der Waals surface area contributed by atoms with Gasteiger partial charge in [0.2, 0.25) is 0 Å². The standard InChI is InChI=1S/C16H18FN3O2S2/c1-9(21)12-8-23-15(20-12)16-19-11-6-10(17)13(7-14(11)24-16)22-5-3-4-18-2/h6-7,12,18H,3-5,8H2,1-2H3. The number of ketones is 1. The number of thioether (sulfide) groups is 1. The molecule has 0 spiro atoms. The van der Waals surface area contributed by atoms with Gasteiger partial charge in [-0.1, -0.05) is 0 Å². The molecule has 3 rings (SSSR count). The SMILES string of the molecule is CNCCCOc1cc2sc(C3=NC(C(C)=O)CS3)nc2cc1F. The predicted molar refractivity (Wildman–Crippen MR) is 97.1 cm³/mol. The van der Waals surface area contributed by atoms with Crippen molar-refractivity contribution in [2.24, 2.45) is 4.99 Å².